The fourth-order valence-corrected chi connectivity index (χ4v) is 1.26. The van der Waals surface area contributed by atoms with E-state index < -0.39 is 0 Å². The zero-order valence-electron chi connectivity index (χ0n) is 9.42. The van der Waals surface area contributed by atoms with Crippen molar-refractivity contribution in [3.63, 3.8) is 0 Å². The van der Waals surface area contributed by atoms with E-state index in [2.05, 4.69) is 29.1 Å². The standard InChI is InChI=1S/C11H19N3O/c1-9(2)3-4-11(15)14-6-5-10-12-7-8-13-10/h7-9H,3-6H2,1-2H3,(H,12,13)(H,14,15). The second kappa shape index (κ2) is 6.22. The number of aromatic amines is 1. The van der Waals surface area contributed by atoms with Crippen LogP contribution in [0.4, 0.5) is 0 Å². The number of carbonyl (C=O) groups is 1. The summed E-state index contributed by atoms with van der Waals surface area (Å²) in [6.45, 7) is 4.90. The maximum absolute atomic E-state index is 11.3. The number of carbonyl (C=O) groups excluding carboxylic acids is 1. The molecule has 0 fully saturated rings. The number of aromatic nitrogens is 2. The minimum absolute atomic E-state index is 0.134. The number of imidazole rings is 1. The second-order valence-corrected chi connectivity index (χ2v) is 4.07. The summed E-state index contributed by atoms with van der Waals surface area (Å²) in [5.41, 5.74) is 0. The molecule has 0 unspecified atom stereocenters. The van der Waals surface area contributed by atoms with Crippen LogP contribution in [0.5, 0.6) is 0 Å². The third-order valence-electron chi connectivity index (χ3n) is 2.19. The third-order valence-corrected chi connectivity index (χ3v) is 2.19. The number of nitrogens with zero attached hydrogens (tertiary/aromatic N) is 1. The van der Waals surface area contributed by atoms with Gasteiger partial charge in [-0.2, -0.15) is 0 Å². The zero-order valence-corrected chi connectivity index (χ0v) is 9.42. The highest BCUT2D eigenvalue weighted by Crippen LogP contribution is 2.02. The quantitative estimate of drug-likeness (QED) is 0.746. The number of hydrogen-bond donors (Lipinski definition) is 2. The summed E-state index contributed by atoms with van der Waals surface area (Å²) in [5, 5.41) is 2.88. The number of hydrogen-bond acceptors (Lipinski definition) is 2. The second-order valence-electron chi connectivity index (χ2n) is 4.07. The van der Waals surface area contributed by atoms with E-state index in [-0.39, 0.29) is 5.91 Å². The molecule has 4 nitrogen and oxygen atoms in total. The smallest absolute Gasteiger partial charge is 0.220 e. The van der Waals surface area contributed by atoms with Crippen molar-refractivity contribution in [2.45, 2.75) is 33.1 Å². The molecule has 0 aromatic carbocycles. The molecule has 1 aromatic rings. The van der Waals surface area contributed by atoms with Crippen molar-refractivity contribution in [1.29, 1.82) is 0 Å². The molecule has 0 aliphatic carbocycles. The van der Waals surface area contributed by atoms with Gasteiger partial charge in [-0.1, -0.05) is 13.8 Å². The monoisotopic (exact) mass is 209 g/mol. The van der Waals surface area contributed by atoms with Gasteiger partial charge < -0.3 is 10.3 Å². The fourth-order valence-electron chi connectivity index (χ4n) is 1.26. The van der Waals surface area contributed by atoms with Gasteiger partial charge in [0.05, 0.1) is 0 Å². The molecule has 0 atom stereocenters. The molecular weight excluding hydrogens is 190 g/mol. The van der Waals surface area contributed by atoms with Crippen LogP contribution >= 0.6 is 0 Å². The van der Waals surface area contributed by atoms with Gasteiger partial charge in [0.1, 0.15) is 5.82 Å². The summed E-state index contributed by atoms with van der Waals surface area (Å²) in [6, 6.07) is 0. The molecule has 0 spiro atoms. The van der Waals surface area contributed by atoms with Gasteiger partial charge >= 0.3 is 0 Å². The maximum atomic E-state index is 11.3. The summed E-state index contributed by atoms with van der Waals surface area (Å²) in [6.07, 6.45) is 5.84. The lowest BCUT2D eigenvalue weighted by molar-refractivity contribution is -0.121. The van der Waals surface area contributed by atoms with E-state index in [1.807, 2.05) is 0 Å². The molecule has 1 aromatic heterocycles. The Morgan fingerprint density at radius 1 is 1.60 bits per heavy atom. The van der Waals surface area contributed by atoms with Gasteiger partial charge in [0.25, 0.3) is 0 Å². The first-order valence-electron chi connectivity index (χ1n) is 5.43. The highest BCUT2D eigenvalue weighted by molar-refractivity contribution is 5.75. The average Bonchev–Trinajstić information content (AvgIpc) is 2.67. The van der Waals surface area contributed by atoms with Crippen molar-refractivity contribution in [3.8, 4) is 0 Å². The molecule has 1 heterocycles. The predicted octanol–water partition coefficient (Wildman–Crippen LogP) is 1.50. The van der Waals surface area contributed by atoms with Crippen molar-refractivity contribution in [3.05, 3.63) is 18.2 Å². The lowest BCUT2D eigenvalue weighted by Crippen LogP contribution is -2.25. The molecule has 84 valence electrons. The minimum atomic E-state index is 0.134. The predicted molar refractivity (Wildman–Crippen MR) is 59.4 cm³/mol. The van der Waals surface area contributed by atoms with Crippen molar-refractivity contribution < 1.29 is 4.79 Å². The Kier molecular flexibility index (Phi) is 4.87. The summed E-state index contributed by atoms with van der Waals surface area (Å²) in [5.74, 6) is 1.63. The van der Waals surface area contributed by atoms with Crippen LogP contribution in [0.3, 0.4) is 0 Å². The lowest BCUT2D eigenvalue weighted by Gasteiger charge is -2.05. The first-order chi connectivity index (χ1) is 7.18. The molecule has 1 rings (SSSR count). The van der Waals surface area contributed by atoms with E-state index in [9.17, 15) is 4.79 Å². The van der Waals surface area contributed by atoms with Crippen LogP contribution in [0.15, 0.2) is 12.4 Å². The summed E-state index contributed by atoms with van der Waals surface area (Å²) >= 11 is 0. The van der Waals surface area contributed by atoms with Gasteiger partial charge in [-0.15, -0.1) is 0 Å². The SMILES string of the molecule is CC(C)CCC(=O)NCCc1ncc[nH]1. The molecule has 0 aliphatic rings. The van der Waals surface area contributed by atoms with Crippen molar-refractivity contribution in [2.24, 2.45) is 5.92 Å². The first kappa shape index (κ1) is 11.8. The Hall–Kier alpha value is -1.32. The Bertz CT molecular complexity index is 280. The number of rotatable bonds is 6. The van der Waals surface area contributed by atoms with Gasteiger partial charge in [0.2, 0.25) is 5.91 Å². The van der Waals surface area contributed by atoms with Crippen LogP contribution in [0.2, 0.25) is 0 Å². The van der Waals surface area contributed by atoms with Gasteiger partial charge in [-0.05, 0) is 12.3 Å². The normalized spacial score (nSPS) is 10.6. The highest BCUT2D eigenvalue weighted by atomic mass is 16.1. The molecular formula is C11H19N3O. The van der Waals surface area contributed by atoms with Crippen LogP contribution in [0.1, 0.15) is 32.5 Å². The van der Waals surface area contributed by atoms with Crippen molar-refractivity contribution in [1.82, 2.24) is 15.3 Å². The Morgan fingerprint density at radius 2 is 2.40 bits per heavy atom. The van der Waals surface area contributed by atoms with E-state index in [0.29, 0.717) is 18.9 Å². The van der Waals surface area contributed by atoms with Crippen molar-refractivity contribution in [2.75, 3.05) is 6.54 Å². The molecule has 0 aliphatic heterocycles. The highest BCUT2D eigenvalue weighted by Gasteiger charge is 2.02. The van der Waals surface area contributed by atoms with Crippen LogP contribution < -0.4 is 5.32 Å². The molecule has 0 radical (unpaired) electrons. The summed E-state index contributed by atoms with van der Waals surface area (Å²) in [4.78, 5) is 18.4. The van der Waals surface area contributed by atoms with Gasteiger partial charge in [0.15, 0.2) is 0 Å². The molecule has 1 amide bonds. The largest absolute Gasteiger partial charge is 0.356 e. The topological polar surface area (TPSA) is 57.8 Å². The van der Waals surface area contributed by atoms with Gasteiger partial charge in [-0.3, -0.25) is 4.79 Å². The van der Waals surface area contributed by atoms with Gasteiger partial charge in [-0.25, -0.2) is 4.98 Å². The van der Waals surface area contributed by atoms with Crippen LogP contribution in [0.25, 0.3) is 0 Å². The van der Waals surface area contributed by atoms with E-state index in [0.717, 1.165) is 18.7 Å². The number of H-pyrrole nitrogens is 1. The van der Waals surface area contributed by atoms with Crippen LogP contribution in [0, 0.1) is 5.92 Å². The third kappa shape index (κ3) is 5.20. The number of amides is 1. The van der Waals surface area contributed by atoms with E-state index >= 15 is 0 Å². The summed E-state index contributed by atoms with van der Waals surface area (Å²) in [7, 11) is 0. The van der Waals surface area contributed by atoms with Crippen LogP contribution in [-0.4, -0.2) is 22.4 Å². The Balaban J connectivity index is 2.07. The molecule has 0 bridgehead atoms. The van der Waals surface area contributed by atoms with Crippen molar-refractivity contribution >= 4 is 5.91 Å². The molecule has 0 saturated heterocycles. The van der Waals surface area contributed by atoms with E-state index in [1.54, 1.807) is 12.4 Å². The Labute approximate surface area is 90.5 Å². The molecule has 0 saturated carbocycles. The van der Waals surface area contributed by atoms with E-state index in [4.69, 9.17) is 0 Å². The zero-order chi connectivity index (χ0) is 11.1. The molecule has 2 N–H and O–H groups in total. The van der Waals surface area contributed by atoms with Crippen LogP contribution in [-0.2, 0) is 11.2 Å². The lowest BCUT2D eigenvalue weighted by atomic mass is 10.1. The minimum Gasteiger partial charge on any atom is -0.356 e. The Morgan fingerprint density at radius 3 is 3.00 bits per heavy atom. The molecule has 15 heavy (non-hydrogen) atoms. The number of nitrogens with one attached hydrogen (secondary N) is 2. The van der Waals surface area contributed by atoms with E-state index in [1.165, 1.54) is 0 Å². The fraction of sp³-hybridized carbons (Fsp3) is 0.636. The van der Waals surface area contributed by atoms with Gasteiger partial charge in [0, 0.05) is 31.8 Å². The summed E-state index contributed by atoms with van der Waals surface area (Å²) < 4.78 is 0. The average molecular weight is 209 g/mol. The molecule has 4 heteroatoms. The first-order valence-corrected chi connectivity index (χ1v) is 5.43. The maximum Gasteiger partial charge on any atom is 0.220 e.